The first kappa shape index (κ1) is 17.2. The molecule has 2 unspecified atom stereocenters. The first-order chi connectivity index (χ1) is 9.90. The minimum atomic E-state index is -0.556. The van der Waals surface area contributed by atoms with Gasteiger partial charge < -0.3 is 16.4 Å². The Labute approximate surface area is 126 Å². The van der Waals surface area contributed by atoms with Crippen LogP contribution in [-0.4, -0.2) is 24.4 Å². The van der Waals surface area contributed by atoms with E-state index in [1.54, 1.807) is 6.92 Å². The van der Waals surface area contributed by atoms with Crippen LogP contribution < -0.4 is 16.4 Å². The van der Waals surface area contributed by atoms with Crippen molar-refractivity contribution in [3.05, 3.63) is 35.9 Å². The molecule has 0 saturated heterocycles. The van der Waals surface area contributed by atoms with Crippen molar-refractivity contribution in [1.82, 2.24) is 10.6 Å². The molecule has 1 aromatic rings. The molecule has 0 aromatic heterocycles. The predicted molar refractivity (Wildman–Crippen MR) is 83.4 cm³/mol. The number of benzene rings is 1. The van der Waals surface area contributed by atoms with Gasteiger partial charge in [-0.25, -0.2) is 0 Å². The van der Waals surface area contributed by atoms with Gasteiger partial charge >= 0.3 is 0 Å². The van der Waals surface area contributed by atoms with E-state index in [1.165, 1.54) is 0 Å². The summed E-state index contributed by atoms with van der Waals surface area (Å²) in [5.74, 6) is -0.0211. The Balaban J connectivity index is 2.41. The van der Waals surface area contributed by atoms with Crippen LogP contribution in [0.1, 0.15) is 38.8 Å². The van der Waals surface area contributed by atoms with E-state index in [-0.39, 0.29) is 24.3 Å². The minimum absolute atomic E-state index is 0.159. The van der Waals surface area contributed by atoms with Gasteiger partial charge in [0.25, 0.3) is 0 Å². The summed E-state index contributed by atoms with van der Waals surface area (Å²) in [5, 5.41) is 5.46. The molecule has 0 saturated carbocycles. The van der Waals surface area contributed by atoms with Crippen molar-refractivity contribution in [2.75, 3.05) is 6.54 Å². The average molecular weight is 291 g/mol. The Morgan fingerprint density at radius 1 is 1.14 bits per heavy atom. The molecule has 2 amide bonds. The van der Waals surface area contributed by atoms with Crippen LogP contribution in [0, 0.1) is 5.92 Å². The van der Waals surface area contributed by atoms with Gasteiger partial charge in [0, 0.05) is 19.0 Å². The number of nitrogens with one attached hydrogen (secondary N) is 2. The van der Waals surface area contributed by atoms with Crippen LogP contribution in [0.25, 0.3) is 0 Å². The topological polar surface area (TPSA) is 84.2 Å². The Bertz CT molecular complexity index is 460. The van der Waals surface area contributed by atoms with Crippen molar-refractivity contribution in [1.29, 1.82) is 0 Å². The second-order valence-electron chi connectivity index (χ2n) is 5.65. The number of carbonyl (C=O) groups excluding carboxylic acids is 2. The van der Waals surface area contributed by atoms with Crippen molar-refractivity contribution in [3.63, 3.8) is 0 Å². The number of hydrogen-bond donors (Lipinski definition) is 3. The van der Waals surface area contributed by atoms with Gasteiger partial charge in [-0.3, -0.25) is 9.59 Å². The van der Waals surface area contributed by atoms with E-state index >= 15 is 0 Å². The third-order valence-electron chi connectivity index (χ3n) is 3.09. The molecule has 0 radical (unpaired) electrons. The zero-order valence-electron chi connectivity index (χ0n) is 12.9. The molecule has 4 N–H and O–H groups in total. The summed E-state index contributed by atoms with van der Waals surface area (Å²) in [6, 6.07) is 8.52. The monoisotopic (exact) mass is 291 g/mol. The van der Waals surface area contributed by atoms with Crippen molar-refractivity contribution in [3.8, 4) is 0 Å². The summed E-state index contributed by atoms with van der Waals surface area (Å²) in [4.78, 5) is 23.7. The standard InChI is InChI=1S/C16H25N3O2/c1-11(2)10-18-16(21)12(3)19-15(20)9-14(17)13-7-5-4-6-8-13/h4-8,11-12,14H,9-10,17H2,1-3H3,(H,18,21)(H,19,20). The second-order valence-corrected chi connectivity index (χ2v) is 5.65. The van der Waals surface area contributed by atoms with Crippen molar-refractivity contribution in [2.45, 2.75) is 39.3 Å². The molecule has 5 heteroatoms. The van der Waals surface area contributed by atoms with Crippen LogP contribution >= 0.6 is 0 Å². The minimum Gasteiger partial charge on any atom is -0.354 e. The molecule has 0 aliphatic carbocycles. The highest BCUT2D eigenvalue weighted by Crippen LogP contribution is 2.12. The molecule has 0 spiro atoms. The zero-order chi connectivity index (χ0) is 15.8. The maximum atomic E-state index is 11.9. The van der Waals surface area contributed by atoms with E-state index in [0.29, 0.717) is 12.5 Å². The summed E-state index contributed by atoms with van der Waals surface area (Å²) in [7, 11) is 0. The fraction of sp³-hybridized carbons (Fsp3) is 0.500. The summed E-state index contributed by atoms with van der Waals surface area (Å²) in [5.41, 5.74) is 6.89. The van der Waals surface area contributed by atoms with Gasteiger partial charge in [0.2, 0.25) is 11.8 Å². The van der Waals surface area contributed by atoms with Gasteiger partial charge in [-0.05, 0) is 18.4 Å². The maximum Gasteiger partial charge on any atom is 0.242 e. The largest absolute Gasteiger partial charge is 0.354 e. The third-order valence-corrected chi connectivity index (χ3v) is 3.09. The summed E-state index contributed by atoms with van der Waals surface area (Å²) >= 11 is 0. The van der Waals surface area contributed by atoms with E-state index in [4.69, 9.17) is 5.73 Å². The molecular weight excluding hydrogens is 266 g/mol. The van der Waals surface area contributed by atoms with E-state index < -0.39 is 6.04 Å². The molecule has 0 aliphatic rings. The fourth-order valence-electron chi connectivity index (χ4n) is 1.84. The van der Waals surface area contributed by atoms with Crippen LogP contribution in [0.5, 0.6) is 0 Å². The van der Waals surface area contributed by atoms with Gasteiger partial charge in [-0.15, -0.1) is 0 Å². The van der Waals surface area contributed by atoms with Crippen LogP contribution in [0.3, 0.4) is 0 Å². The number of hydrogen-bond acceptors (Lipinski definition) is 3. The Kier molecular flexibility index (Phi) is 6.88. The third kappa shape index (κ3) is 6.40. The lowest BCUT2D eigenvalue weighted by atomic mass is 10.0. The van der Waals surface area contributed by atoms with Crippen molar-refractivity contribution in [2.24, 2.45) is 11.7 Å². The molecule has 21 heavy (non-hydrogen) atoms. The molecule has 1 rings (SSSR count). The number of rotatable bonds is 7. The smallest absolute Gasteiger partial charge is 0.242 e. The lowest BCUT2D eigenvalue weighted by molar-refractivity contribution is -0.128. The average Bonchev–Trinajstić information content (AvgIpc) is 2.45. The Hall–Kier alpha value is -1.88. The van der Waals surface area contributed by atoms with E-state index in [2.05, 4.69) is 10.6 Å². The number of amides is 2. The van der Waals surface area contributed by atoms with Gasteiger partial charge in [0.15, 0.2) is 0 Å². The molecular formula is C16H25N3O2. The summed E-state index contributed by atoms with van der Waals surface area (Å²) in [6.45, 7) is 6.30. The maximum absolute atomic E-state index is 11.9. The highest BCUT2D eigenvalue weighted by molar-refractivity contribution is 5.87. The highest BCUT2D eigenvalue weighted by Gasteiger charge is 2.17. The zero-order valence-corrected chi connectivity index (χ0v) is 12.9. The molecule has 0 aliphatic heterocycles. The number of nitrogens with two attached hydrogens (primary N) is 1. The normalized spacial score (nSPS) is 13.6. The van der Waals surface area contributed by atoms with Gasteiger partial charge in [0.1, 0.15) is 6.04 Å². The first-order valence-electron chi connectivity index (χ1n) is 7.27. The second kappa shape index (κ2) is 8.42. The Morgan fingerprint density at radius 2 is 1.76 bits per heavy atom. The van der Waals surface area contributed by atoms with Gasteiger partial charge in [-0.2, -0.15) is 0 Å². The van der Waals surface area contributed by atoms with Crippen LogP contribution in [-0.2, 0) is 9.59 Å². The van der Waals surface area contributed by atoms with Crippen LogP contribution in [0.4, 0.5) is 0 Å². The lowest BCUT2D eigenvalue weighted by Crippen LogP contribution is -2.46. The lowest BCUT2D eigenvalue weighted by Gasteiger charge is -2.17. The summed E-state index contributed by atoms with van der Waals surface area (Å²) in [6.07, 6.45) is 0.159. The molecule has 5 nitrogen and oxygen atoms in total. The van der Waals surface area contributed by atoms with Crippen molar-refractivity contribution >= 4 is 11.8 Å². The quantitative estimate of drug-likeness (QED) is 0.709. The van der Waals surface area contributed by atoms with E-state index in [0.717, 1.165) is 5.56 Å². The van der Waals surface area contributed by atoms with E-state index in [1.807, 2.05) is 44.2 Å². The number of carbonyl (C=O) groups is 2. The van der Waals surface area contributed by atoms with Crippen LogP contribution in [0.2, 0.25) is 0 Å². The fourth-order valence-corrected chi connectivity index (χ4v) is 1.84. The van der Waals surface area contributed by atoms with Gasteiger partial charge in [-0.1, -0.05) is 44.2 Å². The van der Waals surface area contributed by atoms with E-state index in [9.17, 15) is 9.59 Å². The highest BCUT2D eigenvalue weighted by atomic mass is 16.2. The molecule has 0 heterocycles. The molecule has 0 bridgehead atoms. The summed E-state index contributed by atoms with van der Waals surface area (Å²) < 4.78 is 0. The first-order valence-corrected chi connectivity index (χ1v) is 7.27. The van der Waals surface area contributed by atoms with Crippen molar-refractivity contribution < 1.29 is 9.59 Å². The molecule has 0 fully saturated rings. The molecule has 1 aromatic carbocycles. The predicted octanol–water partition coefficient (Wildman–Crippen LogP) is 1.35. The molecule has 116 valence electrons. The van der Waals surface area contributed by atoms with Gasteiger partial charge in [0.05, 0.1) is 0 Å². The van der Waals surface area contributed by atoms with Crippen LogP contribution in [0.15, 0.2) is 30.3 Å². The Morgan fingerprint density at radius 3 is 2.33 bits per heavy atom. The molecule has 2 atom stereocenters. The SMILES string of the molecule is CC(C)CNC(=O)C(C)NC(=O)CC(N)c1ccccc1.